The highest BCUT2D eigenvalue weighted by Gasteiger charge is 2.37. The molecule has 1 saturated carbocycles. The zero-order valence-electron chi connectivity index (χ0n) is 17.9. The highest BCUT2D eigenvalue weighted by atomic mass is 19.4. The summed E-state index contributed by atoms with van der Waals surface area (Å²) in [6.07, 6.45) is 1.64. The van der Waals surface area contributed by atoms with Crippen LogP contribution in [0, 0.1) is 5.82 Å². The van der Waals surface area contributed by atoms with Crippen molar-refractivity contribution in [3.05, 3.63) is 60.6 Å². The first-order valence-corrected chi connectivity index (χ1v) is 10.6. The number of alkyl halides is 3. The van der Waals surface area contributed by atoms with Crippen molar-refractivity contribution in [3.63, 3.8) is 0 Å². The van der Waals surface area contributed by atoms with Crippen molar-refractivity contribution in [2.24, 2.45) is 0 Å². The Kier molecular flexibility index (Phi) is 5.84. The first-order valence-electron chi connectivity index (χ1n) is 10.6. The monoisotopic (exact) mass is 490 g/mol. The van der Waals surface area contributed by atoms with E-state index in [0.29, 0.717) is 24.2 Å². The second kappa shape index (κ2) is 8.98. The lowest BCUT2D eigenvalue weighted by atomic mass is 9.89. The van der Waals surface area contributed by atoms with E-state index in [1.807, 2.05) is 0 Å². The number of aromatic amines is 1. The van der Waals surface area contributed by atoms with E-state index < -0.39 is 30.6 Å². The molecule has 0 spiro atoms. The smallest absolute Gasteiger partial charge is 0.411 e. The number of rotatable bonds is 7. The number of halogens is 4. The van der Waals surface area contributed by atoms with Gasteiger partial charge in [-0.1, -0.05) is 0 Å². The maximum absolute atomic E-state index is 14.5. The number of H-pyrrole nitrogens is 1. The Hall–Kier alpha value is -4.00. The topological polar surface area (TPSA) is 111 Å². The molecule has 13 heteroatoms. The van der Waals surface area contributed by atoms with Crippen molar-refractivity contribution in [2.75, 3.05) is 11.9 Å². The third-order valence-corrected chi connectivity index (χ3v) is 5.50. The van der Waals surface area contributed by atoms with Crippen molar-refractivity contribution >= 4 is 11.6 Å². The van der Waals surface area contributed by atoms with Gasteiger partial charge in [-0.05, 0) is 37.1 Å². The van der Waals surface area contributed by atoms with Crippen LogP contribution in [0.3, 0.4) is 0 Å². The third-order valence-electron chi connectivity index (χ3n) is 5.50. The Balaban J connectivity index is 1.36. The number of amides is 1. The number of furan rings is 1. The molecule has 0 atom stereocenters. The van der Waals surface area contributed by atoms with E-state index in [0.717, 1.165) is 0 Å². The van der Waals surface area contributed by atoms with Gasteiger partial charge in [0.1, 0.15) is 23.8 Å². The number of anilines is 1. The van der Waals surface area contributed by atoms with Crippen molar-refractivity contribution in [2.45, 2.75) is 31.2 Å². The number of nitrogens with zero attached hydrogens (tertiary/aromatic N) is 4. The molecule has 5 rings (SSSR count). The second-order valence-electron chi connectivity index (χ2n) is 7.98. The number of hydrogen-bond acceptors (Lipinski definition) is 6. The molecule has 4 heterocycles. The van der Waals surface area contributed by atoms with Crippen molar-refractivity contribution in [3.8, 4) is 22.7 Å². The van der Waals surface area contributed by atoms with Crippen LogP contribution in [0.5, 0.6) is 0 Å². The molecule has 0 bridgehead atoms. The van der Waals surface area contributed by atoms with Gasteiger partial charge < -0.3 is 14.5 Å². The minimum atomic E-state index is -4.40. The fourth-order valence-electron chi connectivity index (χ4n) is 3.69. The van der Waals surface area contributed by atoms with Crippen molar-refractivity contribution in [1.29, 1.82) is 0 Å². The van der Waals surface area contributed by atoms with E-state index in [2.05, 4.69) is 25.6 Å². The summed E-state index contributed by atoms with van der Waals surface area (Å²) >= 11 is 0. The summed E-state index contributed by atoms with van der Waals surface area (Å²) in [5, 5.41) is 13.5. The maximum Gasteiger partial charge on any atom is 0.411 e. The predicted molar refractivity (Wildman–Crippen MR) is 114 cm³/mol. The molecule has 4 aromatic heterocycles. The van der Waals surface area contributed by atoms with Gasteiger partial charge in [-0.25, -0.2) is 4.39 Å². The summed E-state index contributed by atoms with van der Waals surface area (Å²) in [6.45, 7) is -1.32. The minimum absolute atomic E-state index is 0.00523. The lowest BCUT2D eigenvalue weighted by Crippen LogP contribution is -2.36. The summed E-state index contributed by atoms with van der Waals surface area (Å²) in [4.78, 5) is 16.9. The molecular formula is C22H18F4N6O3. The number of hydrogen-bond donors (Lipinski definition) is 2. The normalized spacial score (nSPS) is 17.8. The molecule has 35 heavy (non-hydrogen) atoms. The number of aromatic nitrogens is 5. The van der Waals surface area contributed by atoms with Crippen molar-refractivity contribution < 1.29 is 31.5 Å². The van der Waals surface area contributed by atoms with Gasteiger partial charge in [0.15, 0.2) is 11.6 Å². The number of nitrogens with one attached hydrogen (secondary N) is 2. The first kappa shape index (κ1) is 22.8. The van der Waals surface area contributed by atoms with E-state index in [-0.39, 0.29) is 28.9 Å². The molecule has 0 aromatic carbocycles. The fraction of sp³-hybridized carbons (Fsp3) is 0.273. The van der Waals surface area contributed by atoms with Gasteiger partial charge in [0.25, 0.3) is 5.91 Å². The fourth-order valence-corrected chi connectivity index (χ4v) is 3.69. The highest BCUT2D eigenvalue weighted by molar-refractivity contribution is 6.04. The minimum Gasteiger partial charge on any atom is -0.451 e. The van der Waals surface area contributed by atoms with E-state index >= 15 is 0 Å². The van der Waals surface area contributed by atoms with Crippen LogP contribution in [0.15, 0.2) is 53.5 Å². The molecule has 0 aliphatic heterocycles. The van der Waals surface area contributed by atoms with Crippen LogP contribution in [0.25, 0.3) is 22.7 Å². The SMILES string of the molecule is O=C(Nc1cn([C@H]2C[C@@H](OCC(F)(F)F)C2)nc1-c1ncccc1F)c1ccc(-c2cn[nH]c2)o1. The molecule has 0 saturated heterocycles. The maximum atomic E-state index is 14.5. The molecule has 1 aliphatic rings. The average Bonchev–Trinajstić information content (AvgIpc) is 3.53. The van der Waals surface area contributed by atoms with Crippen LogP contribution < -0.4 is 5.32 Å². The molecule has 0 radical (unpaired) electrons. The lowest BCUT2D eigenvalue weighted by molar-refractivity contribution is -0.196. The largest absolute Gasteiger partial charge is 0.451 e. The molecule has 1 fully saturated rings. The van der Waals surface area contributed by atoms with Crippen LogP contribution in [0.1, 0.15) is 29.4 Å². The Bertz CT molecular complexity index is 1330. The van der Waals surface area contributed by atoms with Crippen LogP contribution in [-0.2, 0) is 4.74 Å². The first-order chi connectivity index (χ1) is 16.8. The molecule has 9 nitrogen and oxygen atoms in total. The molecule has 0 unspecified atom stereocenters. The molecule has 182 valence electrons. The molecule has 1 aliphatic carbocycles. The molecule has 4 aromatic rings. The van der Waals surface area contributed by atoms with Crippen LogP contribution >= 0.6 is 0 Å². The Morgan fingerprint density at radius 1 is 1.26 bits per heavy atom. The third kappa shape index (κ3) is 4.94. The number of ether oxygens (including phenoxy) is 1. The number of pyridine rings is 1. The van der Waals surface area contributed by atoms with Gasteiger partial charge in [0, 0.05) is 18.6 Å². The highest BCUT2D eigenvalue weighted by Crippen LogP contribution is 2.38. The second-order valence-corrected chi connectivity index (χ2v) is 7.98. The van der Waals surface area contributed by atoms with Gasteiger partial charge in [-0.2, -0.15) is 23.4 Å². The van der Waals surface area contributed by atoms with E-state index in [1.54, 1.807) is 12.3 Å². The zero-order valence-corrected chi connectivity index (χ0v) is 17.9. The zero-order chi connectivity index (χ0) is 24.6. The van der Waals surface area contributed by atoms with E-state index in [1.165, 1.54) is 41.5 Å². The number of carbonyl (C=O) groups is 1. The summed E-state index contributed by atoms with van der Waals surface area (Å²) in [6, 6.07) is 5.44. The average molecular weight is 490 g/mol. The molecule has 2 N–H and O–H groups in total. The van der Waals surface area contributed by atoms with Gasteiger partial charge in [-0.3, -0.25) is 19.6 Å². The summed E-state index contributed by atoms with van der Waals surface area (Å²) in [5.41, 5.74) is 0.830. The Morgan fingerprint density at radius 2 is 2.09 bits per heavy atom. The lowest BCUT2D eigenvalue weighted by Gasteiger charge is -2.35. The van der Waals surface area contributed by atoms with Crippen molar-refractivity contribution in [1.82, 2.24) is 25.0 Å². The van der Waals surface area contributed by atoms with Gasteiger partial charge >= 0.3 is 6.18 Å². The van der Waals surface area contributed by atoms with E-state index in [4.69, 9.17) is 9.15 Å². The Morgan fingerprint density at radius 3 is 2.80 bits per heavy atom. The Labute approximate surface area is 195 Å². The molecule has 1 amide bonds. The summed E-state index contributed by atoms with van der Waals surface area (Å²) in [5.74, 6) is -0.814. The standard InChI is InChI=1S/C22H18F4N6O3/c23-15-2-1-5-27-19(15)20-16(10-32(31-20)13-6-14(7-13)34-11-22(24,25)26)30-21(33)18-4-3-17(35-18)12-8-28-29-9-12/h1-5,8-10,13-14H,6-7,11H2,(H,28,29)(H,30,33)/t13-,14+. The van der Waals surface area contributed by atoms with Crippen LogP contribution in [-0.4, -0.2) is 49.8 Å². The predicted octanol–water partition coefficient (Wildman–Crippen LogP) is 4.60. The van der Waals surface area contributed by atoms with E-state index in [9.17, 15) is 22.4 Å². The van der Waals surface area contributed by atoms with Gasteiger partial charge in [0.2, 0.25) is 0 Å². The van der Waals surface area contributed by atoms with Crippen LogP contribution in [0.2, 0.25) is 0 Å². The molecular weight excluding hydrogens is 472 g/mol. The van der Waals surface area contributed by atoms with Gasteiger partial charge in [-0.15, -0.1) is 0 Å². The number of carbonyl (C=O) groups excluding carboxylic acids is 1. The summed E-state index contributed by atoms with van der Waals surface area (Å²) in [7, 11) is 0. The summed E-state index contributed by atoms with van der Waals surface area (Å²) < 4.78 is 63.6. The van der Waals surface area contributed by atoms with Crippen LogP contribution in [0.4, 0.5) is 23.2 Å². The van der Waals surface area contributed by atoms with Gasteiger partial charge in [0.05, 0.1) is 29.6 Å². The quantitative estimate of drug-likeness (QED) is 0.366.